The molecule has 3 aromatic carbocycles. The molecule has 1 aromatic heterocycles. The molecule has 2 nitrogen and oxygen atoms in total. The minimum atomic E-state index is 0.814. The molecule has 0 bridgehead atoms. The largest absolute Gasteiger partial charge is 0.320 e. The van der Waals surface area contributed by atoms with Crippen LogP contribution in [0.5, 0.6) is 0 Å². The third kappa shape index (κ3) is 3.45. The first kappa shape index (κ1) is 16.3. The maximum absolute atomic E-state index is 4.84. The van der Waals surface area contributed by atoms with Gasteiger partial charge in [-0.15, -0.1) is 0 Å². The van der Waals surface area contributed by atoms with Gasteiger partial charge in [0.25, 0.3) is 0 Å². The van der Waals surface area contributed by atoms with Crippen molar-refractivity contribution in [2.75, 3.05) is 0 Å². The van der Waals surface area contributed by atoms with Crippen LogP contribution in [0.25, 0.3) is 23.2 Å². The van der Waals surface area contributed by atoms with Crippen LogP contribution >= 0.6 is 0 Å². The summed E-state index contributed by atoms with van der Waals surface area (Å²) in [6.07, 6.45) is 4.24. The van der Waals surface area contributed by atoms with Crippen LogP contribution < -0.4 is 0 Å². The van der Waals surface area contributed by atoms with E-state index >= 15 is 0 Å². The van der Waals surface area contributed by atoms with E-state index in [0.717, 1.165) is 23.4 Å². The summed E-state index contributed by atoms with van der Waals surface area (Å²) in [6.45, 7) is 5.04. The molecule has 4 rings (SSSR count). The summed E-state index contributed by atoms with van der Waals surface area (Å²) in [7, 11) is 0. The van der Waals surface area contributed by atoms with E-state index in [-0.39, 0.29) is 0 Å². The number of hydrogen-bond acceptors (Lipinski definition) is 1. The van der Waals surface area contributed by atoms with Gasteiger partial charge in [0.1, 0.15) is 5.82 Å². The first-order valence-corrected chi connectivity index (χ1v) is 8.94. The predicted octanol–water partition coefficient (Wildman–Crippen LogP) is 5.87. The van der Waals surface area contributed by atoms with Crippen molar-refractivity contribution in [3.8, 4) is 0 Å². The standard InChI is InChI=1S/C24H22N2/c1-18-7-11-20(12-8-18)15-16-24-25-22-5-3-4-6-23(22)26(24)17-21-13-9-19(2)10-14-21/h3-16H,17H2,1-2H3/b16-15+. The Labute approximate surface area is 154 Å². The highest BCUT2D eigenvalue weighted by molar-refractivity contribution is 5.80. The molecule has 0 aliphatic heterocycles. The number of hydrogen-bond donors (Lipinski definition) is 0. The van der Waals surface area contributed by atoms with E-state index in [1.165, 1.54) is 22.3 Å². The SMILES string of the molecule is Cc1ccc(/C=C/c2nc3ccccc3n2Cc2ccc(C)cc2)cc1. The second-order valence-corrected chi connectivity index (χ2v) is 6.77. The fraction of sp³-hybridized carbons (Fsp3) is 0.125. The molecule has 0 spiro atoms. The molecule has 0 radical (unpaired) electrons. The van der Waals surface area contributed by atoms with Crippen LogP contribution in [0.15, 0.2) is 72.8 Å². The Bertz CT molecular complexity index is 1050. The summed E-state index contributed by atoms with van der Waals surface area (Å²) >= 11 is 0. The van der Waals surface area contributed by atoms with Crippen molar-refractivity contribution in [2.45, 2.75) is 20.4 Å². The van der Waals surface area contributed by atoms with E-state index in [1.807, 2.05) is 6.07 Å². The Balaban J connectivity index is 1.73. The molecule has 1 heterocycles. The molecule has 0 saturated heterocycles. The summed E-state index contributed by atoms with van der Waals surface area (Å²) in [6, 6.07) is 25.6. The summed E-state index contributed by atoms with van der Waals surface area (Å²) in [5, 5.41) is 0. The highest BCUT2D eigenvalue weighted by Gasteiger charge is 2.08. The maximum Gasteiger partial charge on any atom is 0.134 e. The number of fused-ring (bicyclic) bond motifs is 1. The molecule has 0 atom stereocenters. The molecule has 4 aromatic rings. The highest BCUT2D eigenvalue weighted by atomic mass is 15.1. The van der Waals surface area contributed by atoms with E-state index in [1.54, 1.807) is 0 Å². The van der Waals surface area contributed by atoms with Gasteiger partial charge < -0.3 is 4.57 Å². The van der Waals surface area contributed by atoms with Crippen molar-refractivity contribution < 1.29 is 0 Å². The molecule has 0 amide bonds. The van der Waals surface area contributed by atoms with Crippen LogP contribution in [0.2, 0.25) is 0 Å². The predicted molar refractivity (Wildman–Crippen MR) is 110 cm³/mol. The third-order valence-electron chi connectivity index (χ3n) is 4.65. The summed E-state index contributed by atoms with van der Waals surface area (Å²) in [5.41, 5.74) is 7.21. The van der Waals surface area contributed by atoms with Gasteiger partial charge in [-0.05, 0) is 43.2 Å². The second-order valence-electron chi connectivity index (χ2n) is 6.77. The Morgan fingerprint density at radius 3 is 2.15 bits per heavy atom. The van der Waals surface area contributed by atoms with Crippen LogP contribution in [-0.4, -0.2) is 9.55 Å². The van der Waals surface area contributed by atoms with Crippen LogP contribution in [0.1, 0.15) is 28.1 Å². The lowest BCUT2D eigenvalue weighted by molar-refractivity contribution is 0.813. The molecule has 0 aliphatic rings. The van der Waals surface area contributed by atoms with Crippen molar-refractivity contribution in [1.82, 2.24) is 9.55 Å². The Morgan fingerprint density at radius 1 is 0.769 bits per heavy atom. The number of para-hydroxylation sites is 2. The van der Waals surface area contributed by atoms with Gasteiger partial charge in [-0.25, -0.2) is 4.98 Å². The Hall–Kier alpha value is -3.13. The summed E-state index contributed by atoms with van der Waals surface area (Å²) < 4.78 is 2.28. The van der Waals surface area contributed by atoms with E-state index in [9.17, 15) is 0 Å². The Kier molecular flexibility index (Phi) is 4.40. The Morgan fingerprint density at radius 2 is 1.42 bits per heavy atom. The zero-order chi connectivity index (χ0) is 17.9. The number of imidazole rings is 1. The van der Waals surface area contributed by atoms with Gasteiger partial charge in [-0.1, -0.05) is 77.9 Å². The molecule has 0 saturated carbocycles. The zero-order valence-corrected chi connectivity index (χ0v) is 15.2. The fourth-order valence-corrected chi connectivity index (χ4v) is 3.11. The average molecular weight is 338 g/mol. The van der Waals surface area contributed by atoms with Gasteiger partial charge >= 0.3 is 0 Å². The second kappa shape index (κ2) is 7.01. The lowest BCUT2D eigenvalue weighted by atomic mass is 10.1. The lowest BCUT2D eigenvalue weighted by Gasteiger charge is -2.08. The molecular weight excluding hydrogens is 316 g/mol. The van der Waals surface area contributed by atoms with Gasteiger partial charge in [-0.3, -0.25) is 0 Å². The number of nitrogens with zero attached hydrogens (tertiary/aromatic N) is 2. The smallest absolute Gasteiger partial charge is 0.134 e. The van der Waals surface area contributed by atoms with Crippen molar-refractivity contribution in [3.63, 3.8) is 0 Å². The van der Waals surface area contributed by atoms with Crippen LogP contribution in [0.3, 0.4) is 0 Å². The van der Waals surface area contributed by atoms with Crippen molar-refractivity contribution in [3.05, 3.63) is 101 Å². The average Bonchev–Trinajstić information content (AvgIpc) is 3.01. The third-order valence-corrected chi connectivity index (χ3v) is 4.65. The van der Waals surface area contributed by atoms with Crippen LogP contribution in [0, 0.1) is 13.8 Å². The summed E-state index contributed by atoms with van der Waals surface area (Å²) in [5.74, 6) is 0.979. The van der Waals surface area contributed by atoms with Gasteiger partial charge in [0.15, 0.2) is 0 Å². The molecule has 0 aliphatic carbocycles. The van der Waals surface area contributed by atoms with E-state index in [2.05, 4.69) is 97.3 Å². The number of benzene rings is 3. The minimum Gasteiger partial charge on any atom is -0.320 e. The van der Waals surface area contributed by atoms with Crippen molar-refractivity contribution in [2.24, 2.45) is 0 Å². The van der Waals surface area contributed by atoms with Gasteiger partial charge in [0.05, 0.1) is 11.0 Å². The molecule has 0 fully saturated rings. The highest BCUT2D eigenvalue weighted by Crippen LogP contribution is 2.20. The van der Waals surface area contributed by atoms with Gasteiger partial charge in [0, 0.05) is 6.54 Å². The van der Waals surface area contributed by atoms with Crippen LogP contribution in [0.4, 0.5) is 0 Å². The normalized spacial score (nSPS) is 11.5. The van der Waals surface area contributed by atoms with E-state index in [4.69, 9.17) is 4.98 Å². The zero-order valence-electron chi connectivity index (χ0n) is 15.2. The number of rotatable bonds is 4. The molecule has 26 heavy (non-hydrogen) atoms. The maximum atomic E-state index is 4.84. The fourth-order valence-electron chi connectivity index (χ4n) is 3.11. The van der Waals surface area contributed by atoms with Crippen LogP contribution in [-0.2, 0) is 6.54 Å². The number of aromatic nitrogens is 2. The van der Waals surface area contributed by atoms with E-state index < -0.39 is 0 Å². The minimum absolute atomic E-state index is 0.814. The first-order chi connectivity index (χ1) is 12.7. The van der Waals surface area contributed by atoms with Gasteiger partial charge in [0.2, 0.25) is 0 Å². The lowest BCUT2D eigenvalue weighted by Crippen LogP contribution is -2.02. The number of aryl methyl sites for hydroxylation is 2. The molecule has 0 unspecified atom stereocenters. The van der Waals surface area contributed by atoms with E-state index in [0.29, 0.717) is 0 Å². The van der Waals surface area contributed by atoms with Gasteiger partial charge in [-0.2, -0.15) is 0 Å². The monoisotopic (exact) mass is 338 g/mol. The molecule has 2 heteroatoms. The quantitative estimate of drug-likeness (QED) is 0.455. The molecule has 128 valence electrons. The summed E-state index contributed by atoms with van der Waals surface area (Å²) in [4.78, 5) is 4.84. The molecular formula is C24H22N2. The topological polar surface area (TPSA) is 17.8 Å². The first-order valence-electron chi connectivity index (χ1n) is 8.94. The van der Waals surface area contributed by atoms with Crippen molar-refractivity contribution >= 4 is 23.2 Å². The van der Waals surface area contributed by atoms with Crippen molar-refractivity contribution in [1.29, 1.82) is 0 Å². The molecule has 0 N–H and O–H groups in total.